The summed E-state index contributed by atoms with van der Waals surface area (Å²) in [5.41, 5.74) is 0.938. The van der Waals surface area contributed by atoms with Gasteiger partial charge in [-0.05, 0) is 67.6 Å². The molecular formula is C24H21BrN2O5. The number of esters is 1. The van der Waals surface area contributed by atoms with Gasteiger partial charge in [0, 0.05) is 15.7 Å². The van der Waals surface area contributed by atoms with Crippen molar-refractivity contribution in [2.75, 3.05) is 11.9 Å². The average Bonchev–Trinajstić information content (AvgIpc) is 2.80. The maximum absolute atomic E-state index is 12.3. The standard InChI is InChI=1S/C24H21BrN2O5/c1-16(31-22(28)15-26-24(30)17-7-9-18(25)10-8-17)23(29)27-19-11-13-21(14-12-19)32-20-5-3-2-4-6-20/h2-14,16H,15H2,1H3,(H,26,30)(H,27,29)/t16-/m1/s1. The second kappa shape index (κ2) is 11.1. The zero-order valence-electron chi connectivity index (χ0n) is 17.2. The van der Waals surface area contributed by atoms with Crippen molar-refractivity contribution in [1.82, 2.24) is 5.32 Å². The Hall–Kier alpha value is -3.65. The number of nitrogens with one attached hydrogen (secondary N) is 2. The molecule has 0 aliphatic carbocycles. The van der Waals surface area contributed by atoms with E-state index in [1.165, 1.54) is 6.92 Å². The van der Waals surface area contributed by atoms with Gasteiger partial charge < -0.3 is 20.1 Å². The van der Waals surface area contributed by atoms with Crippen molar-refractivity contribution in [2.24, 2.45) is 0 Å². The molecule has 2 amide bonds. The monoisotopic (exact) mass is 496 g/mol. The van der Waals surface area contributed by atoms with Crippen LogP contribution in [-0.2, 0) is 14.3 Å². The van der Waals surface area contributed by atoms with Crippen molar-refractivity contribution < 1.29 is 23.9 Å². The van der Waals surface area contributed by atoms with E-state index in [1.54, 1.807) is 48.5 Å². The third-order valence-electron chi connectivity index (χ3n) is 4.28. The predicted octanol–water partition coefficient (Wildman–Crippen LogP) is 4.54. The van der Waals surface area contributed by atoms with Crippen molar-refractivity contribution in [3.05, 3.63) is 88.9 Å². The van der Waals surface area contributed by atoms with Gasteiger partial charge in [-0.3, -0.25) is 14.4 Å². The number of hydrogen-bond donors (Lipinski definition) is 2. The van der Waals surface area contributed by atoms with Gasteiger partial charge in [0.1, 0.15) is 18.0 Å². The summed E-state index contributed by atoms with van der Waals surface area (Å²) in [4.78, 5) is 36.3. The number of carbonyl (C=O) groups is 3. The number of benzene rings is 3. The third kappa shape index (κ3) is 6.95. The van der Waals surface area contributed by atoms with Crippen molar-refractivity contribution in [3.63, 3.8) is 0 Å². The summed E-state index contributed by atoms with van der Waals surface area (Å²) >= 11 is 3.29. The van der Waals surface area contributed by atoms with E-state index in [2.05, 4.69) is 26.6 Å². The molecule has 3 aromatic carbocycles. The molecule has 0 aliphatic rings. The molecule has 32 heavy (non-hydrogen) atoms. The van der Waals surface area contributed by atoms with E-state index in [-0.39, 0.29) is 6.54 Å². The average molecular weight is 497 g/mol. The number of rotatable bonds is 8. The van der Waals surface area contributed by atoms with Gasteiger partial charge in [-0.15, -0.1) is 0 Å². The quantitative estimate of drug-likeness (QED) is 0.446. The number of ether oxygens (including phenoxy) is 2. The Morgan fingerprint density at radius 1 is 0.875 bits per heavy atom. The lowest BCUT2D eigenvalue weighted by atomic mass is 10.2. The predicted molar refractivity (Wildman–Crippen MR) is 124 cm³/mol. The lowest BCUT2D eigenvalue weighted by Gasteiger charge is -2.14. The molecule has 0 aromatic heterocycles. The van der Waals surface area contributed by atoms with Crippen LogP contribution in [0, 0.1) is 0 Å². The van der Waals surface area contributed by atoms with Crippen LogP contribution in [0.5, 0.6) is 11.5 Å². The smallest absolute Gasteiger partial charge is 0.326 e. The van der Waals surface area contributed by atoms with Crippen molar-refractivity contribution in [1.29, 1.82) is 0 Å². The Kier molecular flexibility index (Phi) is 7.99. The fourth-order valence-corrected chi connectivity index (χ4v) is 2.89. The molecule has 0 saturated heterocycles. The lowest BCUT2D eigenvalue weighted by Crippen LogP contribution is -2.35. The Balaban J connectivity index is 1.44. The van der Waals surface area contributed by atoms with Crippen LogP contribution in [0.2, 0.25) is 0 Å². The third-order valence-corrected chi connectivity index (χ3v) is 4.81. The van der Waals surface area contributed by atoms with Gasteiger partial charge in [0.15, 0.2) is 6.10 Å². The number of para-hydroxylation sites is 1. The zero-order chi connectivity index (χ0) is 22.9. The minimum Gasteiger partial charge on any atom is -0.457 e. The van der Waals surface area contributed by atoms with Gasteiger partial charge >= 0.3 is 5.97 Å². The van der Waals surface area contributed by atoms with Crippen molar-refractivity contribution in [2.45, 2.75) is 13.0 Å². The molecular weight excluding hydrogens is 476 g/mol. The molecule has 0 aliphatic heterocycles. The molecule has 0 unspecified atom stereocenters. The molecule has 0 bridgehead atoms. The van der Waals surface area contributed by atoms with Crippen LogP contribution in [0.15, 0.2) is 83.3 Å². The molecule has 3 aromatic rings. The van der Waals surface area contributed by atoms with Crippen LogP contribution in [0.3, 0.4) is 0 Å². The number of anilines is 1. The van der Waals surface area contributed by atoms with Crippen molar-refractivity contribution in [3.8, 4) is 11.5 Å². The highest BCUT2D eigenvalue weighted by Gasteiger charge is 2.18. The van der Waals surface area contributed by atoms with E-state index in [0.717, 1.165) is 4.47 Å². The van der Waals surface area contributed by atoms with Gasteiger partial charge in [-0.2, -0.15) is 0 Å². The highest BCUT2D eigenvalue weighted by Crippen LogP contribution is 2.22. The fourth-order valence-electron chi connectivity index (χ4n) is 2.62. The Bertz CT molecular complexity index is 1070. The first kappa shape index (κ1) is 23.0. The number of carbonyl (C=O) groups excluding carboxylic acids is 3. The van der Waals surface area contributed by atoms with E-state index < -0.39 is 23.9 Å². The first-order valence-corrected chi connectivity index (χ1v) is 10.6. The Labute approximate surface area is 193 Å². The van der Waals surface area contributed by atoms with Crippen LogP contribution < -0.4 is 15.4 Å². The van der Waals surface area contributed by atoms with Gasteiger partial charge in [-0.25, -0.2) is 0 Å². The Morgan fingerprint density at radius 2 is 1.50 bits per heavy atom. The largest absolute Gasteiger partial charge is 0.457 e. The highest BCUT2D eigenvalue weighted by atomic mass is 79.9. The molecule has 0 radical (unpaired) electrons. The molecule has 8 heteroatoms. The summed E-state index contributed by atoms with van der Waals surface area (Å²) in [6.07, 6.45) is -1.03. The molecule has 164 valence electrons. The first-order chi connectivity index (χ1) is 15.4. The number of halogens is 1. The number of amides is 2. The molecule has 2 N–H and O–H groups in total. The number of hydrogen-bond acceptors (Lipinski definition) is 5. The lowest BCUT2D eigenvalue weighted by molar-refractivity contribution is -0.152. The molecule has 0 heterocycles. The van der Waals surface area contributed by atoms with Crippen molar-refractivity contribution >= 4 is 39.4 Å². The van der Waals surface area contributed by atoms with E-state index in [4.69, 9.17) is 9.47 Å². The molecule has 0 saturated carbocycles. The van der Waals surface area contributed by atoms with Crippen LogP contribution >= 0.6 is 15.9 Å². The molecule has 3 rings (SSSR count). The van der Waals surface area contributed by atoms with Crippen LogP contribution in [0.4, 0.5) is 5.69 Å². The maximum atomic E-state index is 12.3. The minimum absolute atomic E-state index is 0.349. The van der Waals surface area contributed by atoms with E-state index in [9.17, 15) is 14.4 Å². The van der Waals surface area contributed by atoms with Crippen LogP contribution in [0.25, 0.3) is 0 Å². The highest BCUT2D eigenvalue weighted by molar-refractivity contribution is 9.10. The zero-order valence-corrected chi connectivity index (χ0v) is 18.8. The summed E-state index contributed by atoms with van der Waals surface area (Å²) in [6, 6.07) is 22.8. The minimum atomic E-state index is -1.03. The second-order valence-electron chi connectivity index (χ2n) is 6.75. The molecule has 0 fully saturated rings. The molecule has 7 nitrogen and oxygen atoms in total. The summed E-state index contributed by atoms with van der Waals surface area (Å²) in [6.45, 7) is 1.11. The van der Waals surface area contributed by atoms with Gasteiger partial charge in [0.2, 0.25) is 0 Å². The van der Waals surface area contributed by atoms with Crippen LogP contribution in [-0.4, -0.2) is 30.4 Å². The summed E-state index contributed by atoms with van der Waals surface area (Å²) in [7, 11) is 0. The fraction of sp³-hybridized carbons (Fsp3) is 0.125. The Morgan fingerprint density at radius 3 is 2.16 bits per heavy atom. The van der Waals surface area contributed by atoms with E-state index >= 15 is 0 Å². The van der Waals surface area contributed by atoms with Crippen LogP contribution in [0.1, 0.15) is 17.3 Å². The SMILES string of the molecule is C[C@@H](OC(=O)CNC(=O)c1ccc(Br)cc1)C(=O)Nc1ccc(Oc2ccccc2)cc1. The van der Waals surface area contributed by atoms with E-state index in [0.29, 0.717) is 22.7 Å². The van der Waals surface area contributed by atoms with E-state index in [1.807, 2.05) is 30.3 Å². The summed E-state index contributed by atoms with van der Waals surface area (Å²) < 4.78 is 11.6. The molecule has 0 spiro atoms. The van der Waals surface area contributed by atoms with Gasteiger partial charge in [0.25, 0.3) is 11.8 Å². The molecule has 1 atom stereocenters. The topological polar surface area (TPSA) is 93.7 Å². The normalized spacial score (nSPS) is 11.2. The first-order valence-electron chi connectivity index (χ1n) is 9.78. The van der Waals surface area contributed by atoms with Gasteiger partial charge in [0.05, 0.1) is 0 Å². The second-order valence-corrected chi connectivity index (χ2v) is 7.67. The maximum Gasteiger partial charge on any atom is 0.326 e. The van der Waals surface area contributed by atoms with Gasteiger partial charge in [-0.1, -0.05) is 34.1 Å². The summed E-state index contributed by atoms with van der Waals surface area (Å²) in [5, 5.41) is 5.13. The summed E-state index contributed by atoms with van der Waals surface area (Å²) in [5.74, 6) is -0.296.